The molecule has 10 rings (SSSR count). The van der Waals surface area contributed by atoms with Gasteiger partial charge in [-0.2, -0.15) is 0 Å². The Morgan fingerprint density at radius 3 is 1.58 bits per heavy atom. The second-order valence-corrected chi connectivity index (χ2v) is 12.9. The van der Waals surface area contributed by atoms with Gasteiger partial charge < -0.3 is 9.13 Å². The Kier molecular flexibility index (Phi) is 6.53. The Labute approximate surface area is 290 Å². The minimum atomic E-state index is 1.14. The molecule has 50 heavy (non-hydrogen) atoms. The van der Waals surface area contributed by atoms with Crippen LogP contribution in [-0.4, -0.2) is 9.13 Å². The normalized spacial score (nSPS) is 11.6. The van der Waals surface area contributed by atoms with Crippen molar-refractivity contribution < 1.29 is 0 Å². The third-order valence-corrected chi connectivity index (χ3v) is 10.1. The van der Waals surface area contributed by atoms with Crippen molar-refractivity contribution in [2.24, 2.45) is 0 Å². The molecule has 2 nitrogen and oxygen atoms in total. The zero-order valence-electron chi connectivity index (χ0n) is 27.4. The summed E-state index contributed by atoms with van der Waals surface area (Å²) in [5, 5.41) is 5.00. The monoisotopic (exact) mass is 636 g/mol. The lowest BCUT2D eigenvalue weighted by molar-refractivity contribution is 1.17. The van der Waals surface area contributed by atoms with E-state index < -0.39 is 0 Å². The van der Waals surface area contributed by atoms with E-state index in [2.05, 4.69) is 203 Å². The Morgan fingerprint density at radius 2 is 0.840 bits per heavy atom. The Morgan fingerprint density at radius 1 is 0.280 bits per heavy atom. The maximum atomic E-state index is 2.48. The van der Waals surface area contributed by atoms with Crippen molar-refractivity contribution >= 4 is 43.6 Å². The first-order valence-electron chi connectivity index (χ1n) is 17.2. The zero-order valence-corrected chi connectivity index (χ0v) is 27.4. The van der Waals surface area contributed by atoms with Crippen molar-refractivity contribution in [3.8, 4) is 44.8 Å². The molecule has 0 saturated carbocycles. The molecule has 0 N–H and O–H groups in total. The van der Waals surface area contributed by atoms with E-state index in [1.807, 2.05) is 0 Å². The molecule has 0 saturated heterocycles. The number of aromatic nitrogens is 2. The van der Waals surface area contributed by atoms with Crippen LogP contribution < -0.4 is 0 Å². The molecule has 10 aromatic rings. The number of hydrogen-bond donors (Lipinski definition) is 0. The van der Waals surface area contributed by atoms with Crippen LogP contribution in [0.25, 0.3) is 88.4 Å². The molecule has 234 valence electrons. The van der Waals surface area contributed by atoms with Crippen LogP contribution in [0.15, 0.2) is 194 Å². The summed E-state index contributed by atoms with van der Waals surface area (Å²) in [6, 6.07) is 70.3. The van der Waals surface area contributed by atoms with Crippen LogP contribution in [0.4, 0.5) is 0 Å². The Balaban J connectivity index is 1.33. The zero-order chi connectivity index (χ0) is 33.0. The number of nitrogens with zero attached hydrogens (tertiary/aromatic N) is 2. The van der Waals surface area contributed by atoms with Crippen LogP contribution in [-0.2, 0) is 0 Å². The molecule has 0 spiro atoms. The molecule has 2 heteroatoms. The minimum absolute atomic E-state index is 1.14. The van der Waals surface area contributed by atoms with Gasteiger partial charge in [-0.25, -0.2) is 0 Å². The van der Waals surface area contributed by atoms with Gasteiger partial charge in [-0.15, -0.1) is 0 Å². The number of para-hydroxylation sites is 2. The third-order valence-electron chi connectivity index (χ3n) is 10.1. The Hall–Kier alpha value is -6.64. The van der Waals surface area contributed by atoms with Crippen molar-refractivity contribution in [2.75, 3.05) is 0 Å². The summed E-state index contributed by atoms with van der Waals surface area (Å²) >= 11 is 0. The van der Waals surface area contributed by atoms with Crippen molar-refractivity contribution in [3.63, 3.8) is 0 Å². The van der Waals surface area contributed by atoms with Gasteiger partial charge in [-0.3, -0.25) is 0 Å². The highest BCUT2D eigenvalue weighted by Crippen LogP contribution is 2.44. The molecule has 0 atom stereocenters. The van der Waals surface area contributed by atoms with E-state index in [1.54, 1.807) is 0 Å². The highest BCUT2D eigenvalue weighted by atomic mass is 15.0. The first-order chi connectivity index (χ1) is 24.8. The average Bonchev–Trinajstić information content (AvgIpc) is 3.72. The van der Waals surface area contributed by atoms with E-state index in [1.165, 1.54) is 77.0 Å². The smallest absolute Gasteiger partial charge is 0.0641 e. The number of benzene rings is 8. The third kappa shape index (κ3) is 4.43. The number of fused-ring (bicyclic) bond motifs is 7. The maximum Gasteiger partial charge on any atom is 0.0641 e. The number of rotatable bonds is 5. The molecular formula is C48H32N2. The van der Waals surface area contributed by atoms with Crippen molar-refractivity contribution in [3.05, 3.63) is 194 Å². The fraction of sp³-hybridized carbons (Fsp3) is 0. The summed E-state index contributed by atoms with van der Waals surface area (Å²) in [7, 11) is 0. The molecular weight excluding hydrogens is 605 g/mol. The van der Waals surface area contributed by atoms with Crippen LogP contribution in [0.1, 0.15) is 0 Å². The fourth-order valence-corrected chi connectivity index (χ4v) is 7.88. The second-order valence-electron chi connectivity index (χ2n) is 12.9. The fourth-order valence-electron chi connectivity index (χ4n) is 7.88. The lowest BCUT2D eigenvalue weighted by atomic mass is 10.0. The van der Waals surface area contributed by atoms with E-state index in [0.29, 0.717) is 0 Å². The van der Waals surface area contributed by atoms with E-state index >= 15 is 0 Å². The Bertz CT molecular complexity index is 2820. The van der Waals surface area contributed by atoms with Crippen LogP contribution in [0.2, 0.25) is 0 Å². The standard InChI is InChI=1S/C48H32N2/c1-4-14-33(15-5-1)35-26-28-38(29-27-35)49-45-31-30-42-41-22-10-11-25-44(41)50(39-21-12-20-37(32-39)34-16-6-2-7-17-34)48(42)46(45)43-24-13-23-40(47(43)49)36-18-8-3-9-19-36/h1-32H. The predicted octanol–water partition coefficient (Wildman–Crippen LogP) is 12.9. The number of hydrogen-bond acceptors (Lipinski definition) is 0. The van der Waals surface area contributed by atoms with Gasteiger partial charge in [-0.05, 0) is 64.2 Å². The van der Waals surface area contributed by atoms with E-state index in [4.69, 9.17) is 0 Å². The minimum Gasteiger partial charge on any atom is -0.309 e. The van der Waals surface area contributed by atoms with E-state index in [9.17, 15) is 0 Å². The summed E-state index contributed by atoms with van der Waals surface area (Å²) < 4.78 is 4.96. The first kappa shape index (κ1) is 28.4. The average molecular weight is 637 g/mol. The van der Waals surface area contributed by atoms with Gasteiger partial charge >= 0.3 is 0 Å². The van der Waals surface area contributed by atoms with Crippen LogP contribution >= 0.6 is 0 Å². The lowest BCUT2D eigenvalue weighted by Gasteiger charge is -2.13. The molecule has 0 amide bonds. The van der Waals surface area contributed by atoms with Gasteiger partial charge in [0.05, 0.1) is 22.1 Å². The summed E-state index contributed by atoms with van der Waals surface area (Å²) in [6.45, 7) is 0. The highest BCUT2D eigenvalue weighted by molar-refractivity contribution is 6.27. The molecule has 0 aliphatic heterocycles. The topological polar surface area (TPSA) is 9.86 Å². The van der Waals surface area contributed by atoms with Gasteiger partial charge in [-0.1, -0.05) is 158 Å². The maximum absolute atomic E-state index is 2.48. The van der Waals surface area contributed by atoms with Crippen molar-refractivity contribution in [1.29, 1.82) is 0 Å². The molecule has 0 bridgehead atoms. The summed E-state index contributed by atoms with van der Waals surface area (Å²) in [5.41, 5.74) is 14.4. The van der Waals surface area contributed by atoms with Gasteiger partial charge in [0.15, 0.2) is 0 Å². The molecule has 0 radical (unpaired) electrons. The second kappa shape index (κ2) is 11.5. The van der Waals surface area contributed by atoms with Crippen LogP contribution in [0.3, 0.4) is 0 Å². The van der Waals surface area contributed by atoms with E-state index in [0.717, 1.165) is 11.4 Å². The summed E-state index contributed by atoms with van der Waals surface area (Å²) in [6.07, 6.45) is 0. The van der Waals surface area contributed by atoms with Gasteiger partial charge in [0.1, 0.15) is 0 Å². The van der Waals surface area contributed by atoms with Crippen LogP contribution in [0.5, 0.6) is 0 Å². The molecule has 0 unspecified atom stereocenters. The first-order valence-corrected chi connectivity index (χ1v) is 17.2. The summed E-state index contributed by atoms with van der Waals surface area (Å²) in [4.78, 5) is 0. The van der Waals surface area contributed by atoms with Crippen molar-refractivity contribution in [2.45, 2.75) is 0 Å². The van der Waals surface area contributed by atoms with Crippen LogP contribution in [0, 0.1) is 0 Å². The molecule has 8 aromatic carbocycles. The van der Waals surface area contributed by atoms with Gasteiger partial charge in [0, 0.05) is 38.5 Å². The highest BCUT2D eigenvalue weighted by Gasteiger charge is 2.22. The SMILES string of the molecule is c1ccc(-c2ccc(-n3c4ccc5c6ccccc6n(-c6cccc(-c7ccccc7)c6)c5c4c4cccc(-c5ccccc5)c43)cc2)cc1. The predicted molar refractivity (Wildman–Crippen MR) is 211 cm³/mol. The molecule has 0 aliphatic carbocycles. The molecule has 2 heterocycles. The summed E-state index contributed by atoms with van der Waals surface area (Å²) in [5.74, 6) is 0. The molecule has 0 fully saturated rings. The quantitative estimate of drug-likeness (QED) is 0.178. The van der Waals surface area contributed by atoms with Gasteiger partial charge in [0.25, 0.3) is 0 Å². The molecule has 2 aromatic heterocycles. The largest absolute Gasteiger partial charge is 0.309 e. The lowest BCUT2D eigenvalue weighted by Crippen LogP contribution is -1.96. The van der Waals surface area contributed by atoms with Gasteiger partial charge in [0.2, 0.25) is 0 Å². The van der Waals surface area contributed by atoms with Crippen molar-refractivity contribution in [1.82, 2.24) is 9.13 Å². The van der Waals surface area contributed by atoms with E-state index in [-0.39, 0.29) is 0 Å². The molecule has 0 aliphatic rings.